The van der Waals surface area contributed by atoms with Gasteiger partial charge in [-0.1, -0.05) is 113 Å². The second kappa shape index (κ2) is 18.9. The molecule has 0 bridgehead atoms. The molecule has 0 fully saturated rings. The summed E-state index contributed by atoms with van der Waals surface area (Å²) in [4.78, 5) is 29.5. The molecule has 0 radical (unpaired) electrons. The van der Waals surface area contributed by atoms with Crippen LogP contribution in [0.4, 0.5) is 0 Å². The molecule has 12 heteroatoms. The zero-order valence-corrected chi connectivity index (χ0v) is 34.5. The number of ether oxygens (including phenoxy) is 4. The molecule has 0 amide bonds. The highest BCUT2D eigenvalue weighted by molar-refractivity contribution is 8.26. The third kappa shape index (κ3) is 11.3. The maximum atomic E-state index is 13.2. The fraction of sp³-hybridized carbons (Fsp3) is 0.632. The van der Waals surface area contributed by atoms with Crippen molar-refractivity contribution in [2.24, 2.45) is 11.8 Å². The number of esters is 2. The van der Waals surface area contributed by atoms with Gasteiger partial charge in [-0.2, -0.15) is 10.5 Å². The summed E-state index contributed by atoms with van der Waals surface area (Å²) in [5.41, 5.74) is -1.67. The van der Waals surface area contributed by atoms with Crippen molar-refractivity contribution < 1.29 is 28.5 Å². The molecule has 274 valence electrons. The minimum Gasteiger partial charge on any atom is -0.491 e. The summed E-state index contributed by atoms with van der Waals surface area (Å²) < 4.78 is 25.7. The number of nitrogens with zero attached hydrogens (tertiary/aromatic N) is 2. The average molecular weight is 761 g/mol. The van der Waals surface area contributed by atoms with E-state index in [0.717, 1.165) is 70.9 Å². The number of carbonyl (C=O) groups excluding carboxylic acids is 2. The number of rotatable bonds is 16. The van der Waals surface area contributed by atoms with Gasteiger partial charge >= 0.3 is 11.9 Å². The molecule has 8 nitrogen and oxygen atoms in total. The van der Waals surface area contributed by atoms with Crippen LogP contribution in [0.3, 0.4) is 0 Å². The van der Waals surface area contributed by atoms with Crippen molar-refractivity contribution in [3.05, 3.63) is 19.6 Å². The normalized spacial score (nSPS) is 15.0. The third-order valence-electron chi connectivity index (χ3n) is 7.87. The van der Waals surface area contributed by atoms with Gasteiger partial charge in [0.2, 0.25) is 0 Å². The zero-order chi connectivity index (χ0) is 37.2. The lowest BCUT2D eigenvalue weighted by Gasteiger charge is -2.22. The molecular weight excluding hydrogens is 709 g/mol. The van der Waals surface area contributed by atoms with Gasteiger partial charge in [-0.05, 0) is 66.2 Å². The highest BCUT2D eigenvalue weighted by Gasteiger charge is 2.41. The first-order valence-corrected chi connectivity index (χ1v) is 20.8. The van der Waals surface area contributed by atoms with Crippen LogP contribution >= 0.6 is 47.0 Å². The van der Waals surface area contributed by atoms with Crippen LogP contribution in [0.1, 0.15) is 121 Å². The first-order chi connectivity index (χ1) is 23.6. The Bertz CT molecular complexity index is 1400. The Hall–Kier alpha value is -2.38. The summed E-state index contributed by atoms with van der Waals surface area (Å²) >= 11 is 5.24. The summed E-state index contributed by atoms with van der Waals surface area (Å²) in [5, 5.41) is 20.4. The number of unbranched alkanes of at least 4 members (excludes halogenated alkanes) is 2. The highest BCUT2D eigenvalue weighted by Crippen LogP contribution is 2.68. The molecule has 0 saturated carbocycles. The maximum Gasteiger partial charge on any atom is 0.351 e. The topological polar surface area (TPSA) is 119 Å². The second-order valence-corrected chi connectivity index (χ2v) is 19.0. The van der Waals surface area contributed by atoms with E-state index < -0.39 is 23.1 Å². The molecule has 2 unspecified atom stereocenters. The van der Waals surface area contributed by atoms with Crippen molar-refractivity contribution in [2.45, 2.75) is 151 Å². The van der Waals surface area contributed by atoms with Crippen LogP contribution in [0.15, 0.2) is 39.2 Å². The van der Waals surface area contributed by atoms with Crippen LogP contribution < -0.4 is 9.47 Å². The van der Waals surface area contributed by atoms with Gasteiger partial charge in [-0.25, -0.2) is 9.59 Å². The molecule has 1 aromatic rings. The molecule has 1 aromatic carbocycles. The fourth-order valence-corrected chi connectivity index (χ4v) is 10.5. The van der Waals surface area contributed by atoms with E-state index in [4.69, 9.17) is 18.9 Å². The van der Waals surface area contributed by atoms with E-state index in [2.05, 4.69) is 39.8 Å². The summed E-state index contributed by atoms with van der Waals surface area (Å²) in [6.07, 6.45) is 8.35. The Morgan fingerprint density at radius 1 is 0.620 bits per heavy atom. The van der Waals surface area contributed by atoms with E-state index >= 15 is 0 Å². The summed E-state index contributed by atoms with van der Waals surface area (Å²) in [7, 11) is 0. The van der Waals surface area contributed by atoms with Crippen LogP contribution in [-0.2, 0) is 19.1 Å². The molecular formula is C38H52N2O6S4. The van der Waals surface area contributed by atoms with Gasteiger partial charge in [-0.15, -0.1) is 0 Å². The molecule has 0 saturated heterocycles. The van der Waals surface area contributed by atoms with E-state index in [-0.39, 0.29) is 11.1 Å². The van der Waals surface area contributed by atoms with Crippen molar-refractivity contribution in [1.29, 1.82) is 10.5 Å². The number of fused-ring (bicyclic) bond motifs is 2. The van der Waals surface area contributed by atoms with Gasteiger partial charge in [-0.3, -0.25) is 0 Å². The minimum atomic E-state index is -0.770. The molecule has 0 aliphatic carbocycles. The van der Waals surface area contributed by atoms with Crippen molar-refractivity contribution in [3.8, 4) is 23.6 Å². The summed E-state index contributed by atoms with van der Waals surface area (Å²) in [6, 6.07) is 4.20. The minimum absolute atomic E-state index is 0.0653. The Morgan fingerprint density at radius 3 is 1.18 bits per heavy atom. The quantitative estimate of drug-likeness (QED) is 0.0906. The van der Waals surface area contributed by atoms with E-state index in [1.54, 1.807) is 41.5 Å². The molecule has 0 aromatic heterocycles. The van der Waals surface area contributed by atoms with Gasteiger partial charge in [0.25, 0.3) is 0 Å². The van der Waals surface area contributed by atoms with Gasteiger partial charge in [0, 0.05) is 0 Å². The Balaban J connectivity index is 2.25. The first-order valence-electron chi connectivity index (χ1n) is 17.6. The van der Waals surface area contributed by atoms with Crippen molar-refractivity contribution in [3.63, 3.8) is 0 Å². The number of nitriles is 2. The molecule has 3 rings (SSSR count). The van der Waals surface area contributed by atoms with E-state index in [0.29, 0.717) is 45.0 Å². The predicted octanol–water partition coefficient (Wildman–Crippen LogP) is 11.4. The Labute approximate surface area is 316 Å². The highest BCUT2D eigenvalue weighted by atomic mass is 32.2. The smallest absolute Gasteiger partial charge is 0.351 e. The molecule has 0 N–H and O–H groups in total. The van der Waals surface area contributed by atoms with E-state index in [1.165, 1.54) is 47.0 Å². The number of hydrogen-bond acceptors (Lipinski definition) is 12. The largest absolute Gasteiger partial charge is 0.491 e. The second-order valence-electron chi connectivity index (χ2n) is 14.4. The molecule has 0 spiro atoms. The molecule has 2 aliphatic heterocycles. The predicted molar refractivity (Wildman–Crippen MR) is 204 cm³/mol. The lowest BCUT2D eigenvalue weighted by Crippen LogP contribution is -2.24. The van der Waals surface area contributed by atoms with E-state index in [1.807, 2.05) is 0 Å². The standard InChI is InChI=1S/C38H52N2O6S4/c1-11-15-17-23(13-3)21-43-27-29-31(49-35(47-29)25(19-39)33(41)45-37(5,6)7)28(44-22-24(14-4)18-16-12-2)32-30(27)48-36(50-32)26(20-40)34(42)46-38(8,9)10/h23-24H,11-18,21-22H2,1-10H3. The SMILES string of the molecule is CCCCC(CC)COc1c2c(c(OCC(CC)CCCC)c3c1SC(=C(C#N)C(=O)OC(C)(C)C)S3)SC(=C(C#N)C(=O)OC(C)(C)C)S2. The summed E-state index contributed by atoms with van der Waals surface area (Å²) in [5.74, 6) is 0.522. The maximum absolute atomic E-state index is 13.2. The molecule has 50 heavy (non-hydrogen) atoms. The van der Waals surface area contributed by atoms with Crippen LogP contribution in [0, 0.1) is 34.5 Å². The van der Waals surface area contributed by atoms with Gasteiger partial charge in [0.1, 0.15) is 34.8 Å². The lowest BCUT2D eigenvalue weighted by molar-refractivity contribution is -0.150. The zero-order valence-electron chi connectivity index (χ0n) is 31.2. The monoisotopic (exact) mass is 760 g/mol. The van der Waals surface area contributed by atoms with Gasteiger partial charge < -0.3 is 18.9 Å². The fourth-order valence-electron chi connectivity index (χ4n) is 5.07. The van der Waals surface area contributed by atoms with Crippen LogP contribution in [0.2, 0.25) is 0 Å². The molecule has 2 aliphatic rings. The first kappa shape index (κ1) is 42.0. The Morgan fingerprint density at radius 2 is 0.940 bits per heavy atom. The van der Waals surface area contributed by atoms with Gasteiger partial charge in [0.05, 0.1) is 41.3 Å². The molecule has 2 atom stereocenters. The molecule has 2 heterocycles. The average Bonchev–Trinajstić information content (AvgIpc) is 3.66. The number of carbonyl (C=O) groups is 2. The van der Waals surface area contributed by atoms with Gasteiger partial charge in [0.15, 0.2) is 11.1 Å². The van der Waals surface area contributed by atoms with Crippen molar-refractivity contribution in [2.75, 3.05) is 13.2 Å². The Kier molecular flexibility index (Phi) is 15.9. The van der Waals surface area contributed by atoms with Crippen molar-refractivity contribution >= 4 is 59.0 Å². The summed E-state index contributed by atoms with van der Waals surface area (Å²) in [6.45, 7) is 20.3. The number of hydrogen-bond donors (Lipinski definition) is 0. The van der Waals surface area contributed by atoms with E-state index in [9.17, 15) is 20.1 Å². The van der Waals surface area contributed by atoms with Crippen LogP contribution in [0.25, 0.3) is 0 Å². The van der Waals surface area contributed by atoms with Crippen LogP contribution in [0.5, 0.6) is 11.5 Å². The van der Waals surface area contributed by atoms with Crippen LogP contribution in [-0.4, -0.2) is 36.4 Å². The van der Waals surface area contributed by atoms with Crippen molar-refractivity contribution in [1.82, 2.24) is 0 Å². The third-order valence-corrected chi connectivity index (χ3v) is 13.1. The number of thioether (sulfide) groups is 4. The number of benzene rings is 1. The lowest BCUT2D eigenvalue weighted by atomic mass is 10.0.